The van der Waals surface area contributed by atoms with E-state index in [1.807, 2.05) is 36.1 Å². The van der Waals surface area contributed by atoms with E-state index in [2.05, 4.69) is 21.3 Å². The van der Waals surface area contributed by atoms with Gasteiger partial charge in [0.1, 0.15) is 13.6 Å². The molecule has 6 heteroatoms. The Morgan fingerprint density at radius 1 is 1.56 bits per heavy atom. The van der Waals surface area contributed by atoms with Crippen LogP contribution in [-0.2, 0) is 13.6 Å². The average molecular weight is 327 g/mol. The molecule has 5 nitrogen and oxygen atoms in total. The van der Waals surface area contributed by atoms with Gasteiger partial charge in [0.15, 0.2) is 12.4 Å². The lowest BCUT2D eigenvalue weighted by Gasteiger charge is -1.91. The van der Waals surface area contributed by atoms with Crippen LogP contribution in [0.4, 0.5) is 0 Å². The Hall–Kier alpha value is -1.49. The minimum absolute atomic E-state index is 0. The monoisotopic (exact) mass is 327 g/mol. The van der Waals surface area contributed by atoms with E-state index < -0.39 is 0 Å². The van der Waals surface area contributed by atoms with Crippen molar-refractivity contribution >= 4 is 0 Å². The maximum absolute atomic E-state index is 5.15. The summed E-state index contributed by atoms with van der Waals surface area (Å²) in [6.45, 7) is 0.339. The molecule has 0 fully saturated rings. The number of rotatable bonds is 2. The number of hydrogen-bond donors (Lipinski definition) is 0. The first kappa shape index (κ1) is 12.6. The van der Waals surface area contributed by atoms with Crippen molar-refractivity contribution in [3.8, 4) is 23.7 Å². The maximum Gasteiger partial charge on any atom is 0.210 e. The van der Waals surface area contributed by atoms with Gasteiger partial charge in [0.25, 0.3) is 0 Å². The van der Waals surface area contributed by atoms with Crippen LogP contribution in [0.1, 0.15) is 0 Å². The average Bonchev–Trinajstić information content (AvgIpc) is 2.67. The second kappa shape index (κ2) is 5.55. The van der Waals surface area contributed by atoms with Crippen molar-refractivity contribution in [1.29, 1.82) is 0 Å². The molecular formula is C10H10IN5. The Balaban J connectivity index is 0.00000128. The van der Waals surface area contributed by atoms with Gasteiger partial charge in [-0.2, -0.15) is 4.80 Å². The minimum atomic E-state index is 0. The van der Waals surface area contributed by atoms with E-state index in [4.69, 9.17) is 6.42 Å². The van der Waals surface area contributed by atoms with Gasteiger partial charge in [0.2, 0.25) is 5.82 Å². The Morgan fingerprint density at radius 3 is 3.06 bits per heavy atom. The number of hydrogen-bond acceptors (Lipinski definition) is 3. The van der Waals surface area contributed by atoms with Gasteiger partial charge in [-0.25, -0.2) is 4.57 Å². The zero-order chi connectivity index (χ0) is 10.7. The van der Waals surface area contributed by atoms with Gasteiger partial charge in [-0.1, -0.05) is 5.92 Å². The molecule has 0 aliphatic heterocycles. The van der Waals surface area contributed by atoms with Crippen LogP contribution in [0.2, 0.25) is 0 Å². The molecule has 82 valence electrons. The molecular weight excluding hydrogens is 317 g/mol. The van der Waals surface area contributed by atoms with Crippen LogP contribution in [0.3, 0.4) is 0 Å². The number of terminal acetylenes is 1. The minimum Gasteiger partial charge on any atom is -1.00 e. The summed E-state index contributed by atoms with van der Waals surface area (Å²) in [5.41, 5.74) is 0.920. The van der Waals surface area contributed by atoms with Crippen LogP contribution in [0, 0.1) is 12.3 Å². The molecule has 0 aromatic carbocycles. The van der Waals surface area contributed by atoms with Crippen molar-refractivity contribution in [2.75, 3.05) is 0 Å². The lowest BCUT2D eigenvalue weighted by molar-refractivity contribution is -0.671. The number of aryl methyl sites for hydroxylation is 1. The van der Waals surface area contributed by atoms with Crippen molar-refractivity contribution < 1.29 is 28.5 Å². The molecule has 0 unspecified atom stereocenters. The van der Waals surface area contributed by atoms with Gasteiger partial charge in [0, 0.05) is 6.07 Å². The quantitative estimate of drug-likeness (QED) is 0.332. The third-order valence-electron chi connectivity index (χ3n) is 1.88. The lowest BCUT2D eigenvalue weighted by Crippen LogP contribution is -3.00. The maximum atomic E-state index is 5.15. The predicted octanol–water partition coefficient (Wildman–Crippen LogP) is -3.20. The van der Waals surface area contributed by atoms with Gasteiger partial charge in [-0.15, -0.1) is 16.6 Å². The molecule has 0 N–H and O–H groups in total. The molecule has 0 atom stereocenters. The summed E-state index contributed by atoms with van der Waals surface area (Å²) >= 11 is 0. The molecule has 0 bridgehead atoms. The highest BCUT2D eigenvalue weighted by molar-refractivity contribution is 5.50. The first-order chi connectivity index (χ1) is 7.29. The Morgan fingerprint density at radius 2 is 2.38 bits per heavy atom. The van der Waals surface area contributed by atoms with E-state index in [-0.39, 0.29) is 24.0 Å². The summed E-state index contributed by atoms with van der Waals surface area (Å²) in [7, 11) is 1.94. The molecule has 0 radical (unpaired) electrons. The van der Waals surface area contributed by atoms with E-state index in [1.165, 1.54) is 4.80 Å². The normalized spacial score (nSPS) is 9.25. The number of tetrazole rings is 1. The van der Waals surface area contributed by atoms with E-state index in [0.717, 1.165) is 5.56 Å². The highest BCUT2D eigenvalue weighted by Crippen LogP contribution is 2.09. The van der Waals surface area contributed by atoms with E-state index in [1.54, 1.807) is 0 Å². The van der Waals surface area contributed by atoms with E-state index in [0.29, 0.717) is 12.4 Å². The third kappa shape index (κ3) is 2.76. The van der Waals surface area contributed by atoms with Crippen LogP contribution < -0.4 is 28.5 Å². The molecule has 0 saturated carbocycles. The highest BCUT2D eigenvalue weighted by atomic mass is 127. The molecule has 0 amide bonds. The van der Waals surface area contributed by atoms with Crippen molar-refractivity contribution in [3.63, 3.8) is 0 Å². The Labute approximate surface area is 111 Å². The molecule has 0 aliphatic rings. The SMILES string of the molecule is C#CCn1nnc(-c2ccc[n+](C)c2)n1.[I-]. The molecule has 2 rings (SSSR count). The van der Waals surface area contributed by atoms with Crippen LogP contribution in [0.25, 0.3) is 11.4 Å². The summed E-state index contributed by atoms with van der Waals surface area (Å²) in [4.78, 5) is 1.39. The fourth-order valence-corrected chi connectivity index (χ4v) is 1.23. The van der Waals surface area contributed by atoms with E-state index >= 15 is 0 Å². The molecule has 2 heterocycles. The van der Waals surface area contributed by atoms with Crippen LogP contribution in [0.5, 0.6) is 0 Å². The molecule has 2 aromatic heterocycles. The molecule has 0 spiro atoms. The Kier molecular flexibility index (Phi) is 4.37. The summed E-state index contributed by atoms with van der Waals surface area (Å²) < 4.78 is 1.93. The first-order valence-corrected chi connectivity index (χ1v) is 4.46. The topological polar surface area (TPSA) is 47.5 Å². The van der Waals surface area contributed by atoms with Gasteiger partial charge < -0.3 is 24.0 Å². The van der Waals surface area contributed by atoms with Crippen LogP contribution in [0.15, 0.2) is 24.5 Å². The van der Waals surface area contributed by atoms with Crippen molar-refractivity contribution in [2.45, 2.75) is 6.54 Å². The zero-order valence-corrected chi connectivity index (χ0v) is 10.9. The smallest absolute Gasteiger partial charge is 0.210 e. The summed E-state index contributed by atoms with van der Waals surface area (Å²) in [6.07, 6.45) is 9.02. The summed E-state index contributed by atoms with van der Waals surface area (Å²) in [5.74, 6) is 3.04. The predicted molar refractivity (Wildman–Crippen MR) is 53.3 cm³/mol. The fraction of sp³-hybridized carbons (Fsp3) is 0.200. The molecule has 2 aromatic rings. The van der Waals surface area contributed by atoms with Gasteiger partial charge in [0.05, 0.1) is 5.56 Å². The van der Waals surface area contributed by atoms with Gasteiger partial charge in [-0.3, -0.25) is 0 Å². The second-order valence-corrected chi connectivity index (χ2v) is 3.11. The second-order valence-electron chi connectivity index (χ2n) is 3.11. The highest BCUT2D eigenvalue weighted by Gasteiger charge is 2.07. The lowest BCUT2D eigenvalue weighted by atomic mass is 10.3. The fourth-order valence-electron chi connectivity index (χ4n) is 1.23. The number of pyridine rings is 1. The van der Waals surface area contributed by atoms with Crippen molar-refractivity contribution in [3.05, 3.63) is 24.5 Å². The van der Waals surface area contributed by atoms with Crippen molar-refractivity contribution in [2.24, 2.45) is 7.05 Å². The van der Waals surface area contributed by atoms with Gasteiger partial charge in [-0.05, 0) is 11.3 Å². The number of nitrogens with zero attached hydrogens (tertiary/aromatic N) is 5. The largest absolute Gasteiger partial charge is 1.00 e. The molecule has 0 aliphatic carbocycles. The molecule has 0 saturated heterocycles. The first-order valence-electron chi connectivity index (χ1n) is 4.46. The van der Waals surface area contributed by atoms with E-state index in [9.17, 15) is 0 Å². The number of aromatic nitrogens is 5. The van der Waals surface area contributed by atoms with Crippen molar-refractivity contribution in [1.82, 2.24) is 20.2 Å². The zero-order valence-electron chi connectivity index (χ0n) is 8.71. The van der Waals surface area contributed by atoms with Gasteiger partial charge >= 0.3 is 0 Å². The number of halogens is 1. The molecule has 16 heavy (non-hydrogen) atoms. The van der Waals surface area contributed by atoms with Crippen LogP contribution in [-0.4, -0.2) is 20.2 Å². The Bertz CT molecular complexity index is 514. The summed E-state index contributed by atoms with van der Waals surface area (Å²) in [6, 6.07) is 3.86. The third-order valence-corrected chi connectivity index (χ3v) is 1.88. The summed E-state index contributed by atoms with van der Waals surface area (Å²) in [5, 5.41) is 11.9. The standard InChI is InChI=1S/C10H10N5.HI/c1-3-6-15-12-10(11-13-15)9-5-4-7-14(2)8-9;/h1,4-5,7-8H,6H2,2H3;1H/q+1;/p-1. The van der Waals surface area contributed by atoms with Crippen LogP contribution >= 0.6 is 0 Å².